The predicted molar refractivity (Wildman–Crippen MR) is 113 cm³/mol. The fourth-order valence-electron chi connectivity index (χ4n) is 4.12. The van der Waals surface area contributed by atoms with Crippen molar-refractivity contribution >= 4 is 28.9 Å². The normalized spacial score (nSPS) is 17.1. The highest BCUT2D eigenvalue weighted by atomic mass is 16.2. The van der Waals surface area contributed by atoms with Crippen LogP contribution in [0.1, 0.15) is 48.0 Å². The molecule has 5 nitrogen and oxygen atoms in total. The van der Waals surface area contributed by atoms with Crippen LogP contribution < -0.4 is 15.1 Å². The van der Waals surface area contributed by atoms with Gasteiger partial charge in [-0.25, -0.2) is 0 Å². The lowest BCUT2D eigenvalue weighted by atomic mass is 10.1. The molecule has 0 spiro atoms. The van der Waals surface area contributed by atoms with Crippen LogP contribution in [0, 0.1) is 6.92 Å². The van der Waals surface area contributed by atoms with Crippen molar-refractivity contribution < 1.29 is 9.59 Å². The van der Waals surface area contributed by atoms with Crippen molar-refractivity contribution in [2.75, 3.05) is 34.8 Å². The summed E-state index contributed by atoms with van der Waals surface area (Å²) in [5, 5.41) is 2.99. The highest BCUT2D eigenvalue weighted by Crippen LogP contribution is 2.27. The first kappa shape index (κ1) is 18.5. The minimum Gasteiger partial charge on any atom is -0.371 e. The van der Waals surface area contributed by atoms with Gasteiger partial charge in [0.25, 0.3) is 5.91 Å². The second kappa shape index (κ2) is 8.05. The van der Waals surface area contributed by atoms with E-state index in [0.717, 1.165) is 43.9 Å². The Balaban J connectivity index is 1.43. The Morgan fingerprint density at radius 1 is 0.929 bits per heavy atom. The van der Waals surface area contributed by atoms with E-state index in [4.69, 9.17) is 0 Å². The third-order valence-electron chi connectivity index (χ3n) is 5.67. The van der Waals surface area contributed by atoms with Crippen LogP contribution in [0.15, 0.2) is 42.5 Å². The van der Waals surface area contributed by atoms with Crippen LogP contribution in [0.5, 0.6) is 0 Å². The van der Waals surface area contributed by atoms with Crippen molar-refractivity contribution in [1.82, 2.24) is 0 Å². The van der Waals surface area contributed by atoms with Gasteiger partial charge in [-0.05, 0) is 80.6 Å². The van der Waals surface area contributed by atoms with E-state index >= 15 is 0 Å². The Bertz CT molecular complexity index is 870. The first-order valence-corrected chi connectivity index (χ1v) is 10.2. The molecule has 2 fully saturated rings. The van der Waals surface area contributed by atoms with E-state index in [1.54, 1.807) is 12.1 Å². The maximum atomic E-state index is 12.6. The Hall–Kier alpha value is -2.82. The number of nitrogens with one attached hydrogen (secondary N) is 1. The molecule has 28 heavy (non-hydrogen) atoms. The van der Waals surface area contributed by atoms with Gasteiger partial charge in [0.1, 0.15) is 0 Å². The second-order valence-corrected chi connectivity index (χ2v) is 7.70. The second-order valence-electron chi connectivity index (χ2n) is 7.70. The number of rotatable bonds is 4. The number of amides is 2. The van der Waals surface area contributed by atoms with Gasteiger partial charge in [-0.2, -0.15) is 0 Å². The summed E-state index contributed by atoms with van der Waals surface area (Å²) in [5.41, 5.74) is 4.70. The molecule has 0 saturated carbocycles. The summed E-state index contributed by atoms with van der Waals surface area (Å²) in [6.45, 7) is 5.07. The van der Waals surface area contributed by atoms with Crippen LogP contribution in [-0.4, -0.2) is 31.4 Å². The van der Waals surface area contributed by atoms with Gasteiger partial charge >= 0.3 is 0 Å². The Kier molecular flexibility index (Phi) is 5.33. The van der Waals surface area contributed by atoms with Gasteiger partial charge in [0.05, 0.1) is 0 Å². The molecule has 0 aliphatic carbocycles. The number of carbonyl (C=O) groups excluding carboxylic acids is 2. The van der Waals surface area contributed by atoms with Crippen LogP contribution in [0.3, 0.4) is 0 Å². The number of anilines is 3. The molecule has 0 aromatic heterocycles. The van der Waals surface area contributed by atoms with E-state index in [2.05, 4.69) is 23.2 Å². The molecule has 146 valence electrons. The predicted octanol–water partition coefficient (Wildman–Crippen LogP) is 4.36. The number of nitrogens with zero attached hydrogens (tertiary/aromatic N) is 2. The molecule has 2 heterocycles. The molecular weight excluding hydrogens is 350 g/mol. The van der Waals surface area contributed by atoms with Gasteiger partial charge < -0.3 is 15.1 Å². The summed E-state index contributed by atoms with van der Waals surface area (Å²) in [4.78, 5) is 28.9. The number of hydrogen-bond donors (Lipinski definition) is 1. The first-order valence-electron chi connectivity index (χ1n) is 10.2. The Morgan fingerprint density at radius 3 is 2.32 bits per heavy atom. The zero-order valence-electron chi connectivity index (χ0n) is 16.4. The van der Waals surface area contributed by atoms with Crippen molar-refractivity contribution in [1.29, 1.82) is 0 Å². The maximum Gasteiger partial charge on any atom is 0.255 e. The standard InChI is InChI=1S/C23H27N3O2/c1-17-16-19(9-12-21(17)25-13-4-5-14-25)24-23(28)18-7-10-20(11-8-18)26-15-3-2-6-22(26)27/h7-12,16H,2-6,13-15H2,1H3,(H,24,28). The number of aryl methyl sites for hydroxylation is 1. The fraction of sp³-hybridized carbons (Fsp3) is 0.391. The molecule has 1 N–H and O–H groups in total. The zero-order chi connectivity index (χ0) is 19.5. The molecule has 2 aliphatic heterocycles. The summed E-state index contributed by atoms with van der Waals surface area (Å²) in [6.07, 6.45) is 5.09. The third-order valence-corrected chi connectivity index (χ3v) is 5.67. The topological polar surface area (TPSA) is 52.7 Å². The van der Waals surface area contributed by atoms with Gasteiger partial charge in [0.2, 0.25) is 5.91 Å². The van der Waals surface area contributed by atoms with Crippen LogP contribution in [0.25, 0.3) is 0 Å². The lowest BCUT2D eigenvalue weighted by Crippen LogP contribution is -2.35. The summed E-state index contributed by atoms with van der Waals surface area (Å²) < 4.78 is 0. The molecule has 2 aromatic rings. The third kappa shape index (κ3) is 3.88. The first-order chi connectivity index (χ1) is 13.6. The van der Waals surface area contributed by atoms with E-state index in [9.17, 15) is 9.59 Å². The highest BCUT2D eigenvalue weighted by molar-refractivity contribution is 6.05. The highest BCUT2D eigenvalue weighted by Gasteiger charge is 2.20. The van der Waals surface area contributed by atoms with Gasteiger partial charge in [0, 0.05) is 48.7 Å². The van der Waals surface area contributed by atoms with Crippen LogP contribution in [-0.2, 0) is 4.79 Å². The zero-order valence-corrected chi connectivity index (χ0v) is 16.4. The number of benzene rings is 2. The van der Waals surface area contributed by atoms with Crippen molar-refractivity contribution in [3.05, 3.63) is 53.6 Å². The van der Waals surface area contributed by atoms with Gasteiger partial charge in [-0.1, -0.05) is 0 Å². The molecular formula is C23H27N3O2. The van der Waals surface area contributed by atoms with Gasteiger partial charge in [-0.15, -0.1) is 0 Å². The van der Waals surface area contributed by atoms with E-state index in [-0.39, 0.29) is 11.8 Å². The molecule has 0 atom stereocenters. The monoisotopic (exact) mass is 377 g/mol. The molecule has 0 unspecified atom stereocenters. The number of piperidine rings is 1. The largest absolute Gasteiger partial charge is 0.371 e. The van der Waals surface area contributed by atoms with Gasteiger partial charge in [-0.3, -0.25) is 9.59 Å². The smallest absolute Gasteiger partial charge is 0.255 e. The van der Waals surface area contributed by atoms with Crippen molar-refractivity contribution in [3.63, 3.8) is 0 Å². The van der Waals surface area contributed by atoms with Crippen molar-refractivity contribution in [2.45, 2.75) is 39.0 Å². The van der Waals surface area contributed by atoms with Crippen LogP contribution >= 0.6 is 0 Å². The minimum absolute atomic E-state index is 0.134. The van der Waals surface area contributed by atoms with Crippen LogP contribution in [0.2, 0.25) is 0 Å². The van der Waals surface area contributed by atoms with E-state index in [1.807, 2.05) is 29.2 Å². The SMILES string of the molecule is Cc1cc(NC(=O)c2ccc(N3CCCCC3=O)cc2)ccc1N1CCCC1. The molecule has 0 bridgehead atoms. The molecule has 2 aliphatic rings. The van der Waals surface area contributed by atoms with Crippen molar-refractivity contribution in [3.8, 4) is 0 Å². The molecule has 0 radical (unpaired) electrons. The summed E-state index contributed by atoms with van der Waals surface area (Å²) >= 11 is 0. The van der Waals surface area contributed by atoms with Crippen molar-refractivity contribution in [2.24, 2.45) is 0 Å². The Labute approximate surface area is 166 Å². The molecule has 5 heteroatoms. The molecule has 2 amide bonds. The average molecular weight is 377 g/mol. The van der Waals surface area contributed by atoms with E-state index in [0.29, 0.717) is 12.0 Å². The quantitative estimate of drug-likeness (QED) is 0.861. The average Bonchev–Trinajstić information content (AvgIpc) is 3.23. The number of carbonyl (C=O) groups is 2. The van der Waals surface area contributed by atoms with E-state index < -0.39 is 0 Å². The maximum absolute atomic E-state index is 12.6. The molecule has 4 rings (SSSR count). The number of hydrogen-bond acceptors (Lipinski definition) is 3. The molecule has 2 aromatic carbocycles. The summed E-state index contributed by atoms with van der Waals surface area (Å²) in [7, 11) is 0. The lowest BCUT2D eigenvalue weighted by molar-refractivity contribution is -0.119. The minimum atomic E-state index is -0.134. The fourth-order valence-corrected chi connectivity index (χ4v) is 4.12. The van der Waals surface area contributed by atoms with Gasteiger partial charge in [0.15, 0.2) is 0 Å². The lowest BCUT2D eigenvalue weighted by Gasteiger charge is -2.26. The summed E-state index contributed by atoms with van der Waals surface area (Å²) in [6, 6.07) is 13.4. The summed E-state index contributed by atoms with van der Waals surface area (Å²) in [5.74, 6) is 0.0295. The van der Waals surface area contributed by atoms with Crippen LogP contribution in [0.4, 0.5) is 17.1 Å². The molecule has 2 saturated heterocycles. The van der Waals surface area contributed by atoms with E-state index in [1.165, 1.54) is 24.1 Å². The Morgan fingerprint density at radius 2 is 1.64 bits per heavy atom.